The second kappa shape index (κ2) is 8.43. The van der Waals surface area contributed by atoms with Gasteiger partial charge in [0.2, 0.25) is 0 Å². The quantitative estimate of drug-likeness (QED) is 0.327. The van der Waals surface area contributed by atoms with E-state index in [1.807, 2.05) is 5.38 Å². The summed E-state index contributed by atoms with van der Waals surface area (Å²) in [6.45, 7) is 0.264. The monoisotopic (exact) mass is 391 g/mol. The molecule has 0 aliphatic carbocycles. The number of thiophene rings is 1. The Bertz CT molecular complexity index is 847. The molecule has 2 aromatic rings. The summed E-state index contributed by atoms with van der Waals surface area (Å²) >= 11 is 1.36. The zero-order chi connectivity index (χ0) is 19.4. The van der Waals surface area contributed by atoms with E-state index in [0.29, 0.717) is 0 Å². The number of carbonyl (C=O) groups is 2. The number of rotatable bonds is 7. The van der Waals surface area contributed by atoms with Crippen LogP contribution in [-0.4, -0.2) is 53.2 Å². The first-order valence-electron chi connectivity index (χ1n) is 8.31. The van der Waals surface area contributed by atoms with Gasteiger partial charge in [0.1, 0.15) is 11.6 Å². The molecule has 1 fully saturated rings. The number of ketones is 1. The lowest BCUT2D eigenvalue weighted by molar-refractivity contribution is -0.140. The lowest BCUT2D eigenvalue weighted by atomic mass is 10.00. The Morgan fingerprint density at radius 1 is 1.19 bits per heavy atom. The van der Waals surface area contributed by atoms with Crippen LogP contribution >= 0.6 is 11.3 Å². The molecule has 1 saturated heterocycles. The highest BCUT2D eigenvalue weighted by molar-refractivity contribution is 7.10. The molecule has 1 atom stereocenters. The summed E-state index contributed by atoms with van der Waals surface area (Å²) in [6.07, 6.45) is 0. The highest BCUT2D eigenvalue weighted by atomic mass is 32.1. The fourth-order valence-electron chi connectivity index (χ4n) is 2.95. The summed E-state index contributed by atoms with van der Waals surface area (Å²) in [5.41, 5.74) is 0.226. The molecule has 0 saturated carbocycles. The van der Waals surface area contributed by atoms with Crippen LogP contribution in [0, 0.1) is 5.82 Å². The van der Waals surface area contributed by atoms with E-state index in [-0.39, 0.29) is 43.3 Å². The van der Waals surface area contributed by atoms with Gasteiger partial charge in [-0.2, -0.15) is 0 Å². The molecule has 1 aliphatic heterocycles. The van der Waals surface area contributed by atoms with E-state index in [0.717, 1.165) is 4.88 Å². The molecule has 0 spiro atoms. The smallest absolute Gasteiger partial charge is 0.295 e. The lowest BCUT2D eigenvalue weighted by Crippen LogP contribution is -2.32. The van der Waals surface area contributed by atoms with Crippen LogP contribution in [-0.2, 0) is 14.3 Å². The van der Waals surface area contributed by atoms with Gasteiger partial charge in [0.05, 0.1) is 31.4 Å². The van der Waals surface area contributed by atoms with Crippen molar-refractivity contribution in [2.45, 2.75) is 6.04 Å². The topological polar surface area (TPSA) is 87.1 Å². The molecule has 2 heterocycles. The third kappa shape index (κ3) is 3.92. The second-order valence-electron chi connectivity index (χ2n) is 5.85. The number of likely N-dealkylation sites (tertiary alicyclic amines) is 1. The summed E-state index contributed by atoms with van der Waals surface area (Å²) in [5, 5.41) is 21.3. The third-order valence-electron chi connectivity index (χ3n) is 4.18. The van der Waals surface area contributed by atoms with Gasteiger partial charge in [0.15, 0.2) is 0 Å². The Morgan fingerprint density at radius 3 is 2.56 bits per heavy atom. The number of amides is 1. The van der Waals surface area contributed by atoms with E-state index >= 15 is 0 Å². The van der Waals surface area contributed by atoms with Crippen molar-refractivity contribution in [3.05, 3.63) is 63.6 Å². The molecule has 6 nitrogen and oxygen atoms in total. The second-order valence-corrected chi connectivity index (χ2v) is 6.83. The van der Waals surface area contributed by atoms with E-state index in [9.17, 15) is 19.1 Å². The molecule has 3 rings (SSSR count). The van der Waals surface area contributed by atoms with Crippen LogP contribution in [0.3, 0.4) is 0 Å². The van der Waals surface area contributed by atoms with Crippen molar-refractivity contribution in [3.63, 3.8) is 0 Å². The van der Waals surface area contributed by atoms with E-state index in [2.05, 4.69) is 0 Å². The number of hydrogen-bond acceptors (Lipinski definition) is 6. The number of aliphatic hydroxyl groups is 2. The van der Waals surface area contributed by atoms with Gasteiger partial charge in [-0.15, -0.1) is 11.3 Å². The highest BCUT2D eigenvalue weighted by Gasteiger charge is 2.46. The fourth-order valence-corrected chi connectivity index (χ4v) is 3.79. The van der Waals surface area contributed by atoms with Gasteiger partial charge in [-0.05, 0) is 35.7 Å². The molecule has 27 heavy (non-hydrogen) atoms. The average molecular weight is 391 g/mol. The summed E-state index contributed by atoms with van der Waals surface area (Å²) < 4.78 is 18.4. The normalized spacial score (nSPS) is 19.0. The number of carbonyl (C=O) groups excluding carboxylic acids is 2. The maximum Gasteiger partial charge on any atom is 0.295 e. The minimum Gasteiger partial charge on any atom is -0.507 e. The Hall–Kier alpha value is -2.55. The minimum absolute atomic E-state index is 0.0313. The van der Waals surface area contributed by atoms with E-state index in [1.54, 1.807) is 12.1 Å². The van der Waals surface area contributed by atoms with Crippen molar-refractivity contribution in [2.24, 2.45) is 0 Å². The molecular weight excluding hydrogens is 373 g/mol. The first kappa shape index (κ1) is 19.2. The molecule has 142 valence electrons. The molecule has 1 aromatic heterocycles. The van der Waals surface area contributed by atoms with Crippen molar-refractivity contribution < 1.29 is 28.9 Å². The molecule has 2 N–H and O–H groups in total. The standard InChI is InChI=1S/C19H18FNO5S/c20-13-5-3-12(4-6-13)17(23)15-16(14-2-1-11-27-14)21(19(25)18(15)24)7-9-26-10-8-22/h1-6,11,16,22-23H,7-10H2/b17-15+. The lowest BCUT2D eigenvalue weighted by Gasteiger charge is -2.23. The number of benzene rings is 1. The van der Waals surface area contributed by atoms with Crippen LogP contribution in [0.2, 0.25) is 0 Å². The predicted molar refractivity (Wildman–Crippen MR) is 97.6 cm³/mol. The zero-order valence-electron chi connectivity index (χ0n) is 14.3. The molecule has 0 bridgehead atoms. The van der Waals surface area contributed by atoms with Crippen LogP contribution in [0.1, 0.15) is 16.5 Å². The Morgan fingerprint density at radius 2 is 1.93 bits per heavy atom. The maximum atomic E-state index is 13.2. The zero-order valence-corrected chi connectivity index (χ0v) is 15.1. The Balaban J connectivity index is 2.00. The van der Waals surface area contributed by atoms with E-state index in [1.165, 1.54) is 40.5 Å². The summed E-state index contributed by atoms with van der Waals surface area (Å²) in [4.78, 5) is 27.2. The number of aliphatic hydroxyl groups excluding tert-OH is 2. The third-order valence-corrected chi connectivity index (χ3v) is 5.11. The van der Waals surface area contributed by atoms with Gasteiger partial charge in [-0.25, -0.2) is 4.39 Å². The molecule has 1 aromatic carbocycles. The Kier molecular flexibility index (Phi) is 6.00. The van der Waals surface area contributed by atoms with Gasteiger partial charge >= 0.3 is 0 Å². The van der Waals surface area contributed by atoms with Gasteiger partial charge < -0.3 is 19.8 Å². The number of hydrogen-bond donors (Lipinski definition) is 2. The highest BCUT2D eigenvalue weighted by Crippen LogP contribution is 2.40. The van der Waals surface area contributed by atoms with E-state index < -0.39 is 23.5 Å². The molecular formula is C19H18FNO5S. The van der Waals surface area contributed by atoms with Crippen molar-refractivity contribution >= 4 is 28.8 Å². The van der Waals surface area contributed by atoms with Crippen LogP contribution in [0.5, 0.6) is 0 Å². The van der Waals surface area contributed by atoms with Crippen molar-refractivity contribution in [2.75, 3.05) is 26.4 Å². The number of ether oxygens (including phenoxy) is 1. The number of halogens is 1. The van der Waals surface area contributed by atoms with Crippen LogP contribution in [0.15, 0.2) is 47.4 Å². The predicted octanol–water partition coefficient (Wildman–Crippen LogP) is 2.32. The molecule has 8 heteroatoms. The Labute approximate surface area is 159 Å². The van der Waals surface area contributed by atoms with Crippen molar-refractivity contribution in [3.8, 4) is 0 Å². The summed E-state index contributed by atoms with van der Waals surface area (Å²) in [6, 6.07) is 7.89. The average Bonchev–Trinajstić information content (AvgIpc) is 3.27. The summed E-state index contributed by atoms with van der Waals surface area (Å²) in [5.74, 6) is -2.34. The minimum atomic E-state index is -0.794. The van der Waals surface area contributed by atoms with Gasteiger partial charge in [-0.3, -0.25) is 9.59 Å². The van der Waals surface area contributed by atoms with Crippen molar-refractivity contribution in [1.29, 1.82) is 0 Å². The largest absolute Gasteiger partial charge is 0.507 e. The van der Waals surface area contributed by atoms with Gasteiger partial charge in [-0.1, -0.05) is 6.07 Å². The molecule has 0 radical (unpaired) electrons. The SMILES string of the molecule is O=C1C(=O)N(CCOCCO)C(c2cccs2)/C1=C(\O)c1ccc(F)cc1. The van der Waals surface area contributed by atoms with Gasteiger partial charge in [0, 0.05) is 17.0 Å². The van der Waals surface area contributed by atoms with Gasteiger partial charge in [0.25, 0.3) is 11.7 Å². The molecule has 1 unspecified atom stereocenters. The summed E-state index contributed by atoms with van der Waals surface area (Å²) in [7, 11) is 0. The maximum absolute atomic E-state index is 13.2. The number of Topliss-reactive ketones (excluding diaryl/α,β-unsaturated/α-hetero) is 1. The first-order chi connectivity index (χ1) is 13.0. The van der Waals surface area contributed by atoms with Crippen LogP contribution in [0.4, 0.5) is 4.39 Å². The molecule has 1 amide bonds. The molecule has 1 aliphatic rings. The first-order valence-corrected chi connectivity index (χ1v) is 9.19. The number of nitrogens with zero attached hydrogens (tertiary/aromatic N) is 1. The van der Waals surface area contributed by atoms with E-state index in [4.69, 9.17) is 9.84 Å². The van der Waals surface area contributed by atoms with Crippen molar-refractivity contribution in [1.82, 2.24) is 4.90 Å². The van der Waals surface area contributed by atoms with Crippen LogP contribution in [0.25, 0.3) is 5.76 Å². The fraction of sp³-hybridized carbons (Fsp3) is 0.263. The van der Waals surface area contributed by atoms with Crippen LogP contribution < -0.4 is 0 Å².